The van der Waals surface area contributed by atoms with Crippen molar-refractivity contribution >= 4 is 33.3 Å². The van der Waals surface area contributed by atoms with Crippen LogP contribution in [-0.4, -0.2) is 23.2 Å². The van der Waals surface area contributed by atoms with Gasteiger partial charge in [0.25, 0.3) is 5.91 Å². The van der Waals surface area contributed by atoms with Gasteiger partial charge in [0.15, 0.2) is 5.43 Å². The number of benzene rings is 2. The lowest BCUT2D eigenvalue weighted by molar-refractivity contribution is 0.0970. The van der Waals surface area contributed by atoms with E-state index in [9.17, 15) is 9.59 Å². The van der Waals surface area contributed by atoms with Gasteiger partial charge in [-0.15, -0.1) is 10.2 Å². The molecule has 0 radical (unpaired) electrons. The average Bonchev–Trinajstić information content (AvgIpc) is 3.41. The second-order valence-electron chi connectivity index (χ2n) is 9.32. The van der Waals surface area contributed by atoms with Crippen LogP contribution in [0.5, 0.6) is 5.75 Å². The van der Waals surface area contributed by atoms with Gasteiger partial charge in [0.1, 0.15) is 16.3 Å². The molecule has 4 aromatic rings. The fourth-order valence-electron chi connectivity index (χ4n) is 4.24. The van der Waals surface area contributed by atoms with Gasteiger partial charge in [-0.3, -0.25) is 14.5 Å². The summed E-state index contributed by atoms with van der Waals surface area (Å²) in [5, 5.41) is 10.1. The molecule has 174 valence electrons. The van der Waals surface area contributed by atoms with E-state index < -0.39 is 11.9 Å². The van der Waals surface area contributed by atoms with E-state index in [1.54, 1.807) is 18.2 Å². The molecule has 0 saturated heterocycles. The minimum atomic E-state index is -0.656. The maximum atomic E-state index is 13.7. The Morgan fingerprint density at radius 3 is 2.44 bits per heavy atom. The minimum absolute atomic E-state index is 0.0227. The van der Waals surface area contributed by atoms with Gasteiger partial charge in [-0.2, -0.15) is 0 Å². The second-order valence-corrected chi connectivity index (χ2v) is 10.4. The molecule has 0 spiro atoms. The zero-order valence-corrected chi connectivity index (χ0v) is 20.5. The molecular weight excluding hydrogens is 450 g/mol. The van der Waals surface area contributed by atoms with E-state index in [1.165, 1.54) is 23.3 Å². The Hall–Kier alpha value is -3.52. The number of hydrogen-bond donors (Lipinski definition) is 0. The molecule has 0 N–H and O–H groups in total. The number of carbonyl (C=O) groups is 1. The van der Waals surface area contributed by atoms with Crippen LogP contribution in [-0.2, 0) is 11.8 Å². The van der Waals surface area contributed by atoms with Crippen LogP contribution in [0.3, 0.4) is 0 Å². The largest absolute Gasteiger partial charge is 0.497 e. The number of methoxy groups -OCH3 is 1. The Labute approximate surface area is 201 Å². The number of hydrogen-bond acceptors (Lipinski definition) is 7. The van der Waals surface area contributed by atoms with Crippen molar-refractivity contribution in [1.29, 1.82) is 0 Å². The zero-order chi connectivity index (χ0) is 24.2. The quantitative estimate of drug-likeness (QED) is 0.400. The predicted octanol–water partition coefficient (Wildman–Crippen LogP) is 5.26. The van der Waals surface area contributed by atoms with E-state index >= 15 is 0 Å². The van der Waals surface area contributed by atoms with Gasteiger partial charge in [0.2, 0.25) is 10.9 Å². The summed E-state index contributed by atoms with van der Waals surface area (Å²) in [4.78, 5) is 28.9. The number of ether oxygens (including phenoxy) is 1. The summed E-state index contributed by atoms with van der Waals surface area (Å²) in [5.41, 5.74) is 2.35. The van der Waals surface area contributed by atoms with E-state index in [2.05, 4.69) is 31.0 Å². The van der Waals surface area contributed by atoms with Crippen molar-refractivity contribution in [2.24, 2.45) is 0 Å². The molecule has 1 atom stereocenters. The van der Waals surface area contributed by atoms with Gasteiger partial charge in [-0.05, 0) is 35.1 Å². The molecule has 1 unspecified atom stereocenters. The summed E-state index contributed by atoms with van der Waals surface area (Å²) in [5.74, 6) is 0.174. The normalized spacial score (nSPS) is 15.7. The van der Waals surface area contributed by atoms with Gasteiger partial charge in [0, 0.05) is 6.07 Å². The maximum Gasteiger partial charge on any atom is 0.297 e. The third-order valence-corrected chi connectivity index (χ3v) is 7.20. The summed E-state index contributed by atoms with van der Waals surface area (Å²) in [6.45, 7) is 8.42. The molecular formula is C26H25N3O4S. The maximum absolute atomic E-state index is 13.7. The monoisotopic (exact) mass is 475 g/mol. The topological polar surface area (TPSA) is 85.5 Å². The van der Waals surface area contributed by atoms with Gasteiger partial charge < -0.3 is 9.15 Å². The second kappa shape index (κ2) is 8.06. The van der Waals surface area contributed by atoms with Gasteiger partial charge in [-0.1, -0.05) is 63.3 Å². The lowest BCUT2D eigenvalue weighted by atomic mass is 9.86. The standard InChI is InChI=1S/C26H25N3O4S/c1-6-19-27-28-25(34-19)29-21(14-7-9-15(10-8-14)26(2,3)4)20-22(30)17-12-11-16(32-5)13-18(17)33-23(20)24(29)31/h7-13,21H,6H2,1-5H3. The molecule has 8 heteroatoms. The summed E-state index contributed by atoms with van der Waals surface area (Å²) < 4.78 is 11.3. The third kappa shape index (κ3) is 3.49. The molecule has 0 bridgehead atoms. The number of fused-ring (bicyclic) bond motifs is 2. The summed E-state index contributed by atoms with van der Waals surface area (Å²) in [6, 6.07) is 12.4. The molecule has 1 aliphatic heterocycles. The van der Waals surface area contributed by atoms with E-state index in [1.807, 2.05) is 31.2 Å². The average molecular weight is 476 g/mol. The molecule has 1 amide bonds. The lowest BCUT2D eigenvalue weighted by Crippen LogP contribution is -2.29. The summed E-state index contributed by atoms with van der Waals surface area (Å²) in [7, 11) is 1.54. The molecule has 1 aliphatic rings. The lowest BCUT2D eigenvalue weighted by Gasteiger charge is -2.24. The third-order valence-electron chi connectivity index (χ3n) is 6.14. The highest BCUT2D eigenvalue weighted by molar-refractivity contribution is 7.15. The van der Waals surface area contributed by atoms with Crippen LogP contribution >= 0.6 is 11.3 Å². The molecule has 0 fully saturated rings. The molecule has 5 rings (SSSR count). The van der Waals surface area contributed by atoms with E-state index in [4.69, 9.17) is 9.15 Å². The number of aromatic nitrogens is 2. The Morgan fingerprint density at radius 1 is 1.09 bits per heavy atom. The Bertz CT molecular complexity index is 1460. The Kier molecular flexibility index (Phi) is 5.28. The highest BCUT2D eigenvalue weighted by Gasteiger charge is 2.45. The summed E-state index contributed by atoms with van der Waals surface area (Å²) >= 11 is 1.35. The fraction of sp³-hybridized carbons (Fsp3) is 0.308. The van der Waals surface area contributed by atoms with Crippen LogP contribution in [0.15, 0.2) is 51.7 Å². The van der Waals surface area contributed by atoms with Crippen molar-refractivity contribution < 1.29 is 13.9 Å². The first-order valence-corrected chi connectivity index (χ1v) is 12.0. The fourth-order valence-corrected chi connectivity index (χ4v) is 5.05. The Morgan fingerprint density at radius 2 is 1.82 bits per heavy atom. The molecule has 34 heavy (non-hydrogen) atoms. The van der Waals surface area contributed by atoms with Crippen LogP contribution in [0.25, 0.3) is 11.0 Å². The Balaban J connectivity index is 1.75. The molecule has 2 aromatic carbocycles. The first-order valence-electron chi connectivity index (χ1n) is 11.1. The van der Waals surface area contributed by atoms with Crippen LogP contribution in [0, 0.1) is 0 Å². The predicted molar refractivity (Wildman–Crippen MR) is 132 cm³/mol. The molecule has 3 heterocycles. The summed E-state index contributed by atoms with van der Waals surface area (Å²) in [6.07, 6.45) is 0.707. The molecule has 0 aliphatic carbocycles. The number of anilines is 1. The first kappa shape index (κ1) is 22.3. The van der Waals surface area contributed by atoms with Gasteiger partial charge in [-0.25, -0.2) is 0 Å². The van der Waals surface area contributed by atoms with Gasteiger partial charge >= 0.3 is 0 Å². The van der Waals surface area contributed by atoms with Gasteiger partial charge in [0.05, 0.1) is 24.1 Å². The number of nitrogens with zero attached hydrogens (tertiary/aromatic N) is 3. The van der Waals surface area contributed by atoms with E-state index in [0.717, 1.165) is 16.1 Å². The number of amides is 1. The van der Waals surface area contributed by atoms with Crippen LogP contribution < -0.4 is 15.1 Å². The number of rotatable bonds is 4. The van der Waals surface area contributed by atoms with Crippen molar-refractivity contribution in [2.75, 3.05) is 12.0 Å². The number of aryl methyl sites for hydroxylation is 1. The van der Waals surface area contributed by atoms with Crippen LogP contribution in [0.2, 0.25) is 0 Å². The number of carbonyl (C=O) groups excluding carboxylic acids is 1. The van der Waals surface area contributed by atoms with Crippen molar-refractivity contribution in [2.45, 2.75) is 45.6 Å². The minimum Gasteiger partial charge on any atom is -0.497 e. The van der Waals surface area contributed by atoms with E-state index in [0.29, 0.717) is 33.8 Å². The van der Waals surface area contributed by atoms with Crippen LogP contribution in [0.1, 0.15) is 66.0 Å². The van der Waals surface area contributed by atoms with Crippen molar-refractivity contribution in [3.8, 4) is 5.75 Å². The van der Waals surface area contributed by atoms with E-state index in [-0.39, 0.29) is 16.6 Å². The molecule has 0 saturated carbocycles. The van der Waals surface area contributed by atoms with Crippen LogP contribution in [0.4, 0.5) is 5.13 Å². The molecule has 2 aromatic heterocycles. The van der Waals surface area contributed by atoms with Crippen molar-refractivity contribution in [1.82, 2.24) is 10.2 Å². The van der Waals surface area contributed by atoms with Crippen molar-refractivity contribution in [3.63, 3.8) is 0 Å². The smallest absolute Gasteiger partial charge is 0.297 e. The highest BCUT2D eigenvalue weighted by atomic mass is 32.1. The zero-order valence-electron chi connectivity index (χ0n) is 19.7. The molecule has 7 nitrogen and oxygen atoms in total. The highest BCUT2D eigenvalue weighted by Crippen LogP contribution is 2.42. The SMILES string of the molecule is CCc1nnc(N2C(=O)c3oc4cc(OC)ccc4c(=O)c3C2c2ccc(C(C)(C)C)cc2)s1. The first-order chi connectivity index (χ1) is 16.2. The van der Waals surface area contributed by atoms with Crippen molar-refractivity contribution in [3.05, 3.63) is 80.1 Å².